The van der Waals surface area contributed by atoms with Gasteiger partial charge in [-0.2, -0.15) is 0 Å². The van der Waals surface area contributed by atoms with Crippen molar-refractivity contribution in [2.75, 3.05) is 51.3 Å². The van der Waals surface area contributed by atoms with Crippen LogP contribution < -0.4 is 15.0 Å². The van der Waals surface area contributed by atoms with Crippen LogP contribution in [0.3, 0.4) is 0 Å². The molecule has 8 nitrogen and oxygen atoms in total. The summed E-state index contributed by atoms with van der Waals surface area (Å²) in [6.07, 6.45) is 0.0129. The van der Waals surface area contributed by atoms with Crippen LogP contribution in [0.4, 0.5) is 5.69 Å². The van der Waals surface area contributed by atoms with E-state index < -0.39 is 6.04 Å². The normalized spacial score (nSPS) is 19.3. The highest BCUT2D eigenvalue weighted by Crippen LogP contribution is 2.28. The van der Waals surface area contributed by atoms with E-state index in [2.05, 4.69) is 21.2 Å². The molecular weight excluding hydrogens is 408 g/mol. The average Bonchev–Trinajstić information content (AvgIpc) is 3.10. The van der Waals surface area contributed by atoms with Gasteiger partial charge in [-0.15, -0.1) is 0 Å². The predicted molar refractivity (Wildman–Crippen MR) is 121 cm³/mol. The average molecular weight is 437 g/mol. The number of ether oxygens (including phenoxy) is 1. The number of methoxy groups -OCH3 is 1. The number of hydrogen-bond donors (Lipinski definition) is 1. The highest BCUT2D eigenvalue weighted by atomic mass is 16.5. The SMILES string of the molecule is COc1ccccc1N1CCN(CCN2C(=O)C[C@H](NC(=O)c3ccccc3)C2=O)CC1. The topological polar surface area (TPSA) is 82.2 Å². The van der Waals surface area contributed by atoms with Crippen LogP contribution in [-0.2, 0) is 9.59 Å². The Morgan fingerprint density at radius 2 is 1.66 bits per heavy atom. The molecule has 0 aromatic heterocycles. The lowest BCUT2D eigenvalue weighted by Crippen LogP contribution is -2.49. The van der Waals surface area contributed by atoms with Gasteiger partial charge in [0, 0.05) is 44.8 Å². The van der Waals surface area contributed by atoms with Crippen LogP contribution in [0.25, 0.3) is 0 Å². The molecule has 4 rings (SSSR count). The molecule has 2 aromatic rings. The fourth-order valence-corrected chi connectivity index (χ4v) is 4.21. The highest BCUT2D eigenvalue weighted by Gasteiger charge is 2.39. The number of anilines is 1. The minimum atomic E-state index is -0.794. The molecule has 168 valence electrons. The summed E-state index contributed by atoms with van der Waals surface area (Å²) < 4.78 is 5.46. The molecule has 2 heterocycles. The summed E-state index contributed by atoms with van der Waals surface area (Å²) in [7, 11) is 1.68. The molecule has 8 heteroatoms. The number of carbonyl (C=O) groups is 3. The first-order valence-corrected chi connectivity index (χ1v) is 10.9. The van der Waals surface area contributed by atoms with Crippen LogP contribution in [0.1, 0.15) is 16.8 Å². The number of likely N-dealkylation sites (tertiary alicyclic amines) is 1. The van der Waals surface area contributed by atoms with E-state index in [4.69, 9.17) is 4.74 Å². The Morgan fingerprint density at radius 3 is 2.38 bits per heavy atom. The van der Waals surface area contributed by atoms with Gasteiger partial charge in [-0.3, -0.25) is 24.2 Å². The molecule has 0 aliphatic carbocycles. The zero-order valence-corrected chi connectivity index (χ0v) is 18.2. The zero-order chi connectivity index (χ0) is 22.5. The third-order valence-corrected chi connectivity index (χ3v) is 6.02. The number of amides is 3. The molecule has 1 atom stereocenters. The van der Waals surface area contributed by atoms with E-state index in [9.17, 15) is 14.4 Å². The minimum absolute atomic E-state index is 0.0129. The van der Waals surface area contributed by atoms with E-state index in [-0.39, 0.29) is 24.1 Å². The molecule has 0 bridgehead atoms. The van der Waals surface area contributed by atoms with Gasteiger partial charge in [0.05, 0.1) is 19.2 Å². The van der Waals surface area contributed by atoms with Crippen molar-refractivity contribution < 1.29 is 19.1 Å². The van der Waals surface area contributed by atoms with E-state index >= 15 is 0 Å². The number of hydrogen-bond acceptors (Lipinski definition) is 6. The summed E-state index contributed by atoms with van der Waals surface area (Å²) in [5, 5.41) is 2.69. The van der Waals surface area contributed by atoms with Crippen molar-refractivity contribution in [1.82, 2.24) is 15.1 Å². The largest absolute Gasteiger partial charge is 0.495 e. The smallest absolute Gasteiger partial charge is 0.252 e. The maximum atomic E-state index is 12.7. The highest BCUT2D eigenvalue weighted by molar-refractivity contribution is 6.08. The van der Waals surface area contributed by atoms with Gasteiger partial charge < -0.3 is 15.0 Å². The fraction of sp³-hybridized carbons (Fsp3) is 0.375. The first kappa shape index (κ1) is 21.8. The van der Waals surface area contributed by atoms with Crippen molar-refractivity contribution in [3.63, 3.8) is 0 Å². The fourth-order valence-electron chi connectivity index (χ4n) is 4.21. The van der Waals surface area contributed by atoms with E-state index in [1.165, 1.54) is 4.90 Å². The van der Waals surface area contributed by atoms with Gasteiger partial charge in [-0.25, -0.2) is 0 Å². The molecule has 0 unspecified atom stereocenters. The second kappa shape index (κ2) is 9.82. The van der Waals surface area contributed by atoms with Crippen LogP contribution >= 0.6 is 0 Å². The first-order valence-electron chi connectivity index (χ1n) is 10.9. The van der Waals surface area contributed by atoms with Crippen LogP contribution in [0, 0.1) is 0 Å². The van der Waals surface area contributed by atoms with Crippen molar-refractivity contribution >= 4 is 23.4 Å². The van der Waals surface area contributed by atoms with Crippen molar-refractivity contribution in [1.29, 1.82) is 0 Å². The molecule has 2 saturated heterocycles. The molecule has 2 aliphatic heterocycles. The Morgan fingerprint density at radius 1 is 0.969 bits per heavy atom. The van der Waals surface area contributed by atoms with E-state index in [0.29, 0.717) is 18.7 Å². The van der Waals surface area contributed by atoms with Crippen molar-refractivity contribution in [2.24, 2.45) is 0 Å². The van der Waals surface area contributed by atoms with E-state index in [1.54, 1.807) is 31.4 Å². The number of benzene rings is 2. The Bertz CT molecular complexity index is 973. The minimum Gasteiger partial charge on any atom is -0.495 e. The molecular formula is C24H28N4O4. The van der Waals surface area contributed by atoms with E-state index in [1.807, 2.05) is 24.3 Å². The molecule has 2 aromatic carbocycles. The van der Waals surface area contributed by atoms with Gasteiger partial charge in [-0.1, -0.05) is 30.3 Å². The summed E-state index contributed by atoms with van der Waals surface area (Å²) in [6.45, 7) is 4.32. The molecule has 1 N–H and O–H groups in total. The van der Waals surface area contributed by atoms with Crippen molar-refractivity contribution in [3.05, 3.63) is 60.2 Å². The number of rotatable bonds is 7. The molecule has 0 saturated carbocycles. The first-order chi connectivity index (χ1) is 15.6. The third kappa shape index (κ3) is 4.75. The second-order valence-electron chi connectivity index (χ2n) is 7.98. The molecule has 3 amide bonds. The van der Waals surface area contributed by atoms with Gasteiger partial charge in [0.1, 0.15) is 11.8 Å². The third-order valence-electron chi connectivity index (χ3n) is 6.02. The van der Waals surface area contributed by atoms with Crippen LogP contribution in [-0.4, -0.2) is 79.9 Å². The maximum Gasteiger partial charge on any atom is 0.252 e. The Labute approximate surface area is 187 Å². The van der Waals surface area contributed by atoms with Crippen LogP contribution in [0.2, 0.25) is 0 Å². The zero-order valence-electron chi connectivity index (χ0n) is 18.2. The lowest BCUT2D eigenvalue weighted by atomic mass is 10.2. The van der Waals surface area contributed by atoms with Gasteiger partial charge in [0.25, 0.3) is 11.8 Å². The quantitative estimate of drug-likeness (QED) is 0.661. The van der Waals surface area contributed by atoms with Gasteiger partial charge in [0.15, 0.2) is 0 Å². The number of piperazine rings is 1. The van der Waals surface area contributed by atoms with Crippen LogP contribution in [0.5, 0.6) is 5.75 Å². The molecule has 0 spiro atoms. The monoisotopic (exact) mass is 436 g/mol. The number of carbonyl (C=O) groups excluding carboxylic acids is 3. The summed E-state index contributed by atoms with van der Waals surface area (Å²) in [4.78, 5) is 43.3. The summed E-state index contributed by atoms with van der Waals surface area (Å²) in [6, 6.07) is 15.9. The molecule has 0 radical (unpaired) electrons. The standard InChI is InChI=1S/C24H28N4O4/c1-32-21-10-6-5-9-20(21)27-14-11-26(12-15-27)13-16-28-22(29)17-19(24(28)31)25-23(30)18-7-3-2-4-8-18/h2-10,19H,11-17H2,1H3,(H,25,30)/t19-/m0/s1. The molecule has 2 fully saturated rings. The van der Waals surface area contributed by atoms with Gasteiger partial charge in [0.2, 0.25) is 5.91 Å². The number of nitrogens with one attached hydrogen (secondary N) is 1. The number of imide groups is 1. The van der Waals surface area contributed by atoms with Gasteiger partial charge in [-0.05, 0) is 24.3 Å². The Balaban J connectivity index is 1.27. The number of nitrogens with zero attached hydrogens (tertiary/aromatic N) is 3. The van der Waals surface area contributed by atoms with Crippen molar-refractivity contribution in [3.8, 4) is 5.75 Å². The second-order valence-corrected chi connectivity index (χ2v) is 7.98. The van der Waals surface area contributed by atoms with E-state index in [0.717, 1.165) is 37.6 Å². The summed E-state index contributed by atoms with van der Waals surface area (Å²) >= 11 is 0. The van der Waals surface area contributed by atoms with Gasteiger partial charge >= 0.3 is 0 Å². The number of para-hydroxylation sites is 2. The maximum absolute atomic E-state index is 12.7. The predicted octanol–water partition coefficient (Wildman–Crippen LogP) is 1.37. The Hall–Kier alpha value is -3.39. The Kier molecular flexibility index (Phi) is 6.70. The lowest BCUT2D eigenvalue weighted by molar-refractivity contribution is -0.139. The molecule has 2 aliphatic rings. The molecule has 32 heavy (non-hydrogen) atoms. The van der Waals surface area contributed by atoms with Crippen molar-refractivity contribution in [2.45, 2.75) is 12.5 Å². The summed E-state index contributed by atoms with van der Waals surface area (Å²) in [5.74, 6) is -0.0446. The summed E-state index contributed by atoms with van der Waals surface area (Å²) in [5.41, 5.74) is 1.55. The van der Waals surface area contributed by atoms with Crippen LogP contribution in [0.15, 0.2) is 54.6 Å². The lowest BCUT2D eigenvalue weighted by Gasteiger charge is -2.37.